The number of fused-ring (bicyclic) bond motifs is 1. The fourth-order valence-electron chi connectivity index (χ4n) is 7.25. The fraction of sp³-hybridized carbons (Fsp3) is 0.208. The fourth-order valence-corrected chi connectivity index (χ4v) is 8.75. The maximum absolute atomic E-state index is 4.85. The number of aryl methyl sites for hydroxylation is 3. The number of allylic oxidation sites excluding steroid dienone is 17. The molecule has 0 saturated carbocycles. The van der Waals surface area contributed by atoms with Crippen LogP contribution in [0.2, 0.25) is 0 Å². The van der Waals surface area contributed by atoms with Crippen LogP contribution in [0.25, 0.3) is 32.4 Å². The van der Waals surface area contributed by atoms with Gasteiger partial charge in [-0.3, -0.25) is 0 Å². The summed E-state index contributed by atoms with van der Waals surface area (Å²) in [6.07, 6.45) is 15.1. The van der Waals surface area contributed by atoms with Crippen LogP contribution < -0.4 is 0 Å². The Hall–Kier alpha value is -5.24. The lowest BCUT2D eigenvalue weighted by Gasteiger charge is -2.20. The van der Waals surface area contributed by atoms with Crippen molar-refractivity contribution in [2.75, 3.05) is 0 Å². The number of thiophene rings is 1. The molecule has 0 fully saturated rings. The molecular formula is C53H58S. The van der Waals surface area contributed by atoms with Crippen LogP contribution in [0.1, 0.15) is 90.4 Å². The topological polar surface area (TPSA) is 0 Å². The van der Waals surface area contributed by atoms with Gasteiger partial charge in [-0.15, -0.1) is 11.3 Å². The van der Waals surface area contributed by atoms with Crippen LogP contribution in [0.4, 0.5) is 0 Å². The van der Waals surface area contributed by atoms with Crippen molar-refractivity contribution in [1.82, 2.24) is 0 Å². The Morgan fingerprint density at radius 3 is 1.87 bits per heavy atom. The van der Waals surface area contributed by atoms with Crippen LogP contribution in [-0.2, 0) is 0 Å². The van der Waals surface area contributed by atoms with E-state index in [-0.39, 0.29) is 0 Å². The van der Waals surface area contributed by atoms with Crippen molar-refractivity contribution < 1.29 is 0 Å². The molecule has 4 aromatic rings. The molecule has 0 radical (unpaired) electrons. The Balaban J connectivity index is 2.11. The zero-order chi connectivity index (χ0) is 39.9. The predicted octanol–water partition coefficient (Wildman–Crippen LogP) is 16.1. The van der Waals surface area contributed by atoms with Gasteiger partial charge in [-0.05, 0) is 158 Å². The van der Waals surface area contributed by atoms with Crippen LogP contribution in [0.3, 0.4) is 0 Å². The molecule has 1 heteroatoms. The van der Waals surface area contributed by atoms with Gasteiger partial charge in [-0.2, -0.15) is 0 Å². The van der Waals surface area contributed by atoms with Crippen LogP contribution in [0.15, 0.2) is 163 Å². The molecule has 1 aromatic heterocycles. The largest absolute Gasteiger partial charge is 0.134 e. The average molecular weight is 727 g/mol. The second-order valence-electron chi connectivity index (χ2n) is 14.2. The third-order valence-corrected chi connectivity index (χ3v) is 12.5. The second-order valence-corrected chi connectivity index (χ2v) is 15.2. The van der Waals surface area contributed by atoms with Crippen molar-refractivity contribution in [3.8, 4) is 0 Å². The molecule has 3 aromatic carbocycles. The molecule has 0 N–H and O–H groups in total. The van der Waals surface area contributed by atoms with Crippen molar-refractivity contribution in [1.29, 1.82) is 0 Å². The van der Waals surface area contributed by atoms with Gasteiger partial charge in [0.05, 0.1) is 0 Å². The summed E-state index contributed by atoms with van der Waals surface area (Å²) in [5.74, 6) is 0. The highest BCUT2D eigenvalue weighted by molar-refractivity contribution is 7.20. The molecule has 0 aliphatic carbocycles. The van der Waals surface area contributed by atoms with Crippen LogP contribution in [0.5, 0.6) is 0 Å². The lowest BCUT2D eigenvalue weighted by molar-refractivity contribution is 1.10. The Morgan fingerprint density at radius 2 is 1.30 bits per heavy atom. The zero-order valence-electron chi connectivity index (χ0n) is 34.4. The minimum Gasteiger partial charge on any atom is -0.134 e. The molecule has 276 valence electrons. The summed E-state index contributed by atoms with van der Waals surface area (Å²) in [4.78, 5) is 1.22. The monoisotopic (exact) mass is 726 g/mol. The molecule has 54 heavy (non-hydrogen) atoms. The Kier molecular flexibility index (Phi) is 14.0. The highest BCUT2D eigenvalue weighted by atomic mass is 32.1. The van der Waals surface area contributed by atoms with Gasteiger partial charge in [-0.25, -0.2) is 0 Å². The van der Waals surface area contributed by atoms with Gasteiger partial charge < -0.3 is 0 Å². The van der Waals surface area contributed by atoms with Gasteiger partial charge in [0, 0.05) is 20.5 Å². The van der Waals surface area contributed by atoms with Crippen molar-refractivity contribution in [2.45, 2.75) is 75.7 Å². The van der Waals surface area contributed by atoms with Gasteiger partial charge in [0.25, 0.3) is 0 Å². The van der Waals surface area contributed by atoms with E-state index in [2.05, 4.69) is 156 Å². The van der Waals surface area contributed by atoms with E-state index < -0.39 is 0 Å². The van der Waals surface area contributed by atoms with Gasteiger partial charge in [0.2, 0.25) is 0 Å². The molecule has 1 heterocycles. The summed E-state index contributed by atoms with van der Waals surface area (Å²) >= 11 is 1.88. The van der Waals surface area contributed by atoms with E-state index >= 15 is 0 Å². The Labute approximate surface area is 330 Å². The molecule has 0 amide bonds. The minimum atomic E-state index is 0.998. The first-order valence-electron chi connectivity index (χ1n) is 18.8. The summed E-state index contributed by atoms with van der Waals surface area (Å²) in [7, 11) is 0. The van der Waals surface area contributed by atoms with E-state index in [9.17, 15) is 0 Å². The summed E-state index contributed by atoms with van der Waals surface area (Å²) < 4.78 is 1.35. The molecule has 0 atom stereocenters. The smallest absolute Gasteiger partial charge is 0.0427 e. The first kappa shape index (κ1) is 41.5. The van der Waals surface area contributed by atoms with Crippen molar-refractivity contribution in [3.63, 3.8) is 0 Å². The van der Waals surface area contributed by atoms with Crippen LogP contribution >= 0.6 is 11.3 Å². The molecule has 0 saturated heterocycles. The van der Waals surface area contributed by atoms with Crippen molar-refractivity contribution in [2.24, 2.45) is 0 Å². The maximum atomic E-state index is 4.85. The Morgan fingerprint density at radius 1 is 0.685 bits per heavy atom. The third-order valence-electron chi connectivity index (χ3n) is 11.2. The van der Waals surface area contributed by atoms with Crippen LogP contribution in [0, 0.1) is 34.6 Å². The molecule has 0 aliphatic heterocycles. The van der Waals surface area contributed by atoms with Crippen molar-refractivity contribution >= 4 is 43.7 Å². The van der Waals surface area contributed by atoms with E-state index in [1.165, 1.54) is 59.5 Å². The highest BCUT2D eigenvalue weighted by Crippen LogP contribution is 2.47. The van der Waals surface area contributed by atoms with Gasteiger partial charge in [-0.1, -0.05) is 143 Å². The van der Waals surface area contributed by atoms with Crippen LogP contribution in [-0.4, -0.2) is 0 Å². The zero-order valence-corrected chi connectivity index (χ0v) is 35.2. The number of rotatable bonds is 14. The van der Waals surface area contributed by atoms with Gasteiger partial charge >= 0.3 is 0 Å². The van der Waals surface area contributed by atoms with E-state index in [1.54, 1.807) is 0 Å². The molecular weight excluding hydrogens is 669 g/mol. The molecule has 4 rings (SSSR count). The lowest BCUT2D eigenvalue weighted by Crippen LogP contribution is -2.00. The molecule has 0 bridgehead atoms. The quantitative estimate of drug-likeness (QED) is 0.114. The standard InChI is InChI=1S/C53H58S/c1-16-26-43(18-3)48(44-28-22-21-23-29-44)32-31-35(8)49(47-30-25-24-27-34(47)7)46(20-5)45(19-4)39(12)42(15)53-50(36(9)33(6)17-2)51-40(13)37(10)38(11)41(14)52(51)54-53/h16,18-32H,1,3-5,15,17H2,2,6-14H3/b35-31+,36-33-,43-26+,45-39+,48-32+,49-46-. The van der Waals surface area contributed by atoms with Crippen molar-refractivity contribution in [3.05, 3.63) is 213 Å². The lowest BCUT2D eigenvalue weighted by atomic mass is 9.84. The Bertz CT molecular complexity index is 2340. The first-order chi connectivity index (χ1) is 25.8. The highest BCUT2D eigenvalue weighted by Gasteiger charge is 2.24. The number of hydrogen-bond acceptors (Lipinski definition) is 1. The molecule has 0 nitrogen and oxygen atoms in total. The second kappa shape index (κ2) is 18.2. The van der Waals surface area contributed by atoms with E-state index in [1.807, 2.05) is 47.8 Å². The average Bonchev–Trinajstić information content (AvgIpc) is 3.59. The summed E-state index contributed by atoms with van der Waals surface area (Å²) in [5.41, 5.74) is 21.3. The first-order valence-corrected chi connectivity index (χ1v) is 19.7. The minimum absolute atomic E-state index is 0.998. The summed E-state index contributed by atoms with van der Waals surface area (Å²) in [6.45, 7) is 44.1. The van der Waals surface area contributed by atoms with E-state index in [4.69, 9.17) is 6.58 Å². The molecule has 0 spiro atoms. The SMILES string of the molecule is C=C/C=C(C=C)/C(=C\C=C(C)\C(=C(C=C)\C(C=C)=C(/C)C(=C)c1sc2c(C)c(C)c(C)c(C)c2c1/C(C)=C(/C)CC)c1ccccc1C)c1ccccc1. The molecule has 0 aliphatic rings. The normalized spacial score (nSPS) is 13.9. The van der Waals surface area contributed by atoms with E-state index in [0.717, 1.165) is 62.1 Å². The molecule has 0 unspecified atom stereocenters. The predicted molar refractivity (Wildman–Crippen MR) is 246 cm³/mol. The third kappa shape index (κ3) is 8.13. The van der Waals surface area contributed by atoms with E-state index in [0.29, 0.717) is 0 Å². The van der Waals surface area contributed by atoms with Gasteiger partial charge in [0.15, 0.2) is 0 Å². The number of hydrogen-bond donors (Lipinski definition) is 0. The number of benzene rings is 3. The van der Waals surface area contributed by atoms with Gasteiger partial charge in [0.1, 0.15) is 0 Å². The maximum Gasteiger partial charge on any atom is 0.0427 e. The summed E-state index contributed by atoms with van der Waals surface area (Å²) in [5, 5.41) is 1.36. The summed E-state index contributed by atoms with van der Waals surface area (Å²) in [6, 6.07) is 19.0.